The molecule has 1 aliphatic rings. The molecule has 0 aromatic carbocycles. The van der Waals surface area contributed by atoms with Gasteiger partial charge in [-0.15, -0.1) is 0 Å². The molecule has 0 aliphatic heterocycles. The number of hydrogen-bond acceptors (Lipinski definition) is 2. The fourth-order valence-electron chi connectivity index (χ4n) is 2.18. The fourth-order valence-corrected chi connectivity index (χ4v) is 2.18. The third kappa shape index (κ3) is 2.21. The summed E-state index contributed by atoms with van der Waals surface area (Å²) in [4.78, 5) is 14.1. The Kier molecular flexibility index (Phi) is 3.96. The van der Waals surface area contributed by atoms with Gasteiger partial charge in [-0.2, -0.15) is 5.26 Å². The van der Waals surface area contributed by atoms with Crippen LogP contribution in [0.1, 0.15) is 46.5 Å². The molecule has 1 fully saturated rings. The van der Waals surface area contributed by atoms with Crippen molar-refractivity contribution in [2.45, 2.75) is 52.5 Å². The van der Waals surface area contributed by atoms with Crippen molar-refractivity contribution in [3.05, 3.63) is 0 Å². The average molecular weight is 222 g/mol. The lowest BCUT2D eigenvalue weighted by Crippen LogP contribution is -2.45. The van der Waals surface area contributed by atoms with Crippen LogP contribution >= 0.6 is 0 Å². The third-order valence-corrected chi connectivity index (χ3v) is 4.07. The number of carbonyl (C=O) groups is 1. The van der Waals surface area contributed by atoms with E-state index in [4.69, 9.17) is 0 Å². The maximum absolute atomic E-state index is 12.3. The van der Waals surface area contributed by atoms with Gasteiger partial charge in [0.1, 0.15) is 5.41 Å². The SMILES string of the molecule is CCC(C#N)(CC)C(=O)N(C)C(C)C1CC1. The van der Waals surface area contributed by atoms with Crippen LogP contribution in [0.3, 0.4) is 0 Å². The fraction of sp³-hybridized carbons (Fsp3) is 0.846. The van der Waals surface area contributed by atoms with E-state index in [1.807, 2.05) is 20.9 Å². The van der Waals surface area contributed by atoms with Crippen molar-refractivity contribution in [3.8, 4) is 6.07 Å². The van der Waals surface area contributed by atoms with Crippen LogP contribution in [0.15, 0.2) is 0 Å². The minimum atomic E-state index is -0.808. The monoisotopic (exact) mass is 222 g/mol. The van der Waals surface area contributed by atoms with Crippen molar-refractivity contribution >= 4 is 5.91 Å². The van der Waals surface area contributed by atoms with Crippen molar-refractivity contribution in [2.75, 3.05) is 7.05 Å². The van der Waals surface area contributed by atoms with E-state index >= 15 is 0 Å². The minimum absolute atomic E-state index is 0.000556. The first kappa shape index (κ1) is 13.0. The topological polar surface area (TPSA) is 44.1 Å². The van der Waals surface area contributed by atoms with Crippen LogP contribution in [0.2, 0.25) is 0 Å². The second kappa shape index (κ2) is 4.86. The molecule has 1 atom stereocenters. The molecule has 1 rings (SSSR count). The molecule has 0 bridgehead atoms. The standard InChI is InChI=1S/C13H22N2O/c1-5-13(6-2,9-14)12(16)15(4)10(3)11-7-8-11/h10-11H,5-8H2,1-4H3. The molecule has 0 heterocycles. The van der Waals surface area contributed by atoms with Crippen molar-refractivity contribution in [3.63, 3.8) is 0 Å². The van der Waals surface area contributed by atoms with Crippen molar-refractivity contribution in [1.29, 1.82) is 5.26 Å². The van der Waals surface area contributed by atoms with E-state index in [2.05, 4.69) is 13.0 Å². The molecule has 1 unspecified atom stereocenters. The van der Waals surface area contributed by atoms with Gasteiger partial charge in [-0.25, -0.2) is 0 Å². The van der Waals surface area contributed by atoms with E-state index < -0.39 is 5.41 Å². The largest absolute Gasteiger partial charge is 0.341 e. The Morgan fingerprint density at radius 1 is 1.50 bits per heavy atom. The zero-order valence-electron chi connectivity index (χ0n) is 10.8. The maximum atomic E-state index is 12.3. The second-order valence-electron chi connectivity index (χ2n) is 4.90. The highest BCUT2D eigenvalue weighted by atomic mass is 16.2. The predicted molar refractivity (Wildman–Crippen MR) is 63.6 cm³/mol. The second-order valence-corrected chi connectivity index (χ2v) is 4.90. The lowest BCUT2D eigenvalue weighted by atomic mass is 9.82. The Balaban J connectivity index is 2.78. The summed E-state index contributed by atoms with van der Waals surface area (Å²) in [7, 11) is 1.84. The van der Waals surface area contributed by atoms with Crippen LogP contribution in [0.4, 0.5) is 0 Å². The molecule has 3 nitrogen and oxygen atoms in total. The van der Waals surface area contributed by atoms with Gasteiger partial charge in [0.2, 0.25) is 5.91 Å². The average Bonchev–Trinajstić information content (AvgIpc) is 3.14. The van der Waals surface area contributed by atoms with Crippen LogP contribution in [0, 0.1) is 22.7 Å². The van der Waals surface area contributed by atoms with E-state index in [0.29, 0.717) is 18.8 Å². The van der Waals surface area contributed by atoms with Gasteiger partial charge in [0.15, 0.2) is 0 Å². The van der Waals surface area contributed by atoms with Gasteiger partial charge in [-0.05, 0) is 38.5 Å². The number of nitrogens with zero attached hydrogens (tertiary/aromatic N) is 2. The molecular weight excluding hydrogens is 200 g/mol. The molecule has 0 spiro atoms. The molecular formula is C13H22N2O. The summed E-state index contributed by atoms with van der Waals surface area (Å²) < 4.78 is 0. The van der Waals surface area contributed by atoms with Crippen LogP contribution in [0.25, 0.3) is 0 Å². The molecule has 16 heavy (non-hydrogen) atoms. The predicted octanol–water partition coefficient (Wildman–Crippen LogP) is 2.57. The Bertz CT molecular complexity index is 298. The Morgan fingerprint density at radius 3 is 2.31 bits per heavy atom. The number of hydrogen-bond donors (Lipinski definition) is 0. The minimum Gasteiger partial charge on any atom is -0.341 e. The molecule has 3 heteroatoms. The Hall–Kier alpha value is -1.04. The van der Waals surface area contributed by atoms with Crippen LogP contribution in [-0.4, -0.2) is 23.9 Å². The molecule has 0 aromatic rings. The number of rotatable bonds is 5. The first-order chi connectivity index (χ1) is 7.52. The quantitative estimate of drug-likeness (QED) is 0.717. The molecule has 1 aliphatic carbocycles. The molecule has 0 aromatic heterocycles. The van der Waals surface area contributed by atoms with E-state index in [1.54, 1.807) is 4.90 Å². The summed E-state index contributed by atoms with van der Waals surface area (Å²) in [5.74, 6) is 0.651. The van der Waals surface area contributed by atoms with Gasteiger partial charge >= 0.3 is 0 Å². The summed E-state index contributed by atoms with van der Waals surface area (Å²) in [6.07, 6.45) is 3.63. The lowest BCUT2D eigenvalue weighted by Gasteiger charge is -2.32. The summed E-state index contributed by atoms with van der Waals surface area (Å²) in [6, 6.07) is 2.49. The lowest BCUT2D eigenvalue weighted by molar-refractivity contribution is -0.140. The third-order valence-electron chi connectivity index (χ3n) is 4.07. The summed E-state index contributed by atoms with van der Waals surface area (Å²) >= 11 is 0. The van der Waals surface area contributed by atoms with E-state index in [1.165, 1.54) is 12.8 Å². The van der Waals surface area contributed by atoms with Gasteiger partial charge in [0.25, 0.3) is 0 Å². The summed E-state index contributed by atoms with van der Waals surface area (Å²) in [5.41, 5.74) is -0.808. The molecule has 0 N–H and O–H groups in total. The normalized spacial score (nSPS) is 17.7. The van der Waals surface area contributed by atoms with Crippen molar-refractivity contribution < 1.29 is 4.79 Å². The molecule has 1 saturated carbocycles. The van der Waals surface area contributed by atoms with Crippen molar-refractivity contribution in [2.24, 2.45) is 11.3 Å². The van der Waals surface area contributed by atoms with E-state index in [-0.39, 0.29) is 11.9 Å². The van der Waals surface area contributed by atoms with Gasteiger partial charge in [-0.1, -0.05) is 13.8 Å². The highest BCUT2D eigenvalue weighted by Crippen LogP contribution is 2.37. The Labute approximate surface area is 98.4 Å². The Morgan fingerprint density at radius 2 is 2.00 bits per heavy atom. The smallest absolute Gasteiger partial charge is 0.243 e. The highest BCUT2D eigenvalue weighted by Gasteiger charge is 2.41. The number of amides is 1. The van der Waals surface area contributed by atoms with Crippen molar-refractivity contribution in [1.82, 2.24) is 4.90 Å². The number of nitriles is 1. The maximum Gasteiger partial charge on any atom is 0.243 e. The van der Waals surface area contributed by atoms with Crippen LogP contribution < -0.4 is 0 Å². The van der Waals surface area contributed by atoms with E-state index in [0.717, 1.165) is 0 Å². The molecule has 90 valence electrons. The summed E-state index contributed by atoms with van der Waals surface area (Å²) in [6.45, 7) is 5.92. The molecule has 0 radical (unpaired) electrons. The first-order valence-electron chi connectivity index (χ1n) is 6.21. The summed E-state index contributed by atoms with van der Waals surface area (Å²) in [5, 5.41) is 9.23. The molecule has 1 amide bonds. The zero-order valence-corrected chi connectivity index (χ0v) is 10.8. The van der Waals surface area contributed by atoms with E-state index in [9.17, 15) is 10.1 Å². The first-order valence-corrected chi connectivity index (χ1v) is 6.21. The zero-order chi connectivity index (χ0) is 12.3. The number of carbonyl (C=O) groups excluding carboxylic acids is 1. The van der Waals surface area contributed by atoms with Gasteiger partial charge in [0.05, 0.1) is 6.07 Å². The van der Waals surface area contributed by atoms with Gasteiger partial charge in [-0.3, -0.25) is 4.79 Å². The van der Waals surface area contributed by atoms with Gasteiger partial charge < -0.3 is 4.90 Å². The molecule has 0 saturated heterocycles. The van der Waals surface area contributed by atoms with Crippen LogP contribution in [-0.2, 0) is 4.79 Å². The highest BCUT2D eigenvalue weighted by molar-refractivity contribution is 5.85. The van der Waals surface area contributed by atoms with Gasteiger partial charge in [0, 0.05) is 13.1 Å². The van der Waals surface area contributed by atoms with Crippen LogP contribution in [0.5, 0.6) is 0 Å².